The number of rotatable bonds is 6. The molecule has 146 valence electrons. The predicted molar refractivity (Wildman–Crippen MR) is 117 cm³/mol. The first-order valence-corrected chi connectivity index (χ1v) is 9.84. The van der Waals surface area contributed by atoms with Crippen molar-refractivity contribution < 1.29 is 9.64 Å². The van der Waals surface area contributed by atoms with Crippen LogP contribution in [0, 0.1) is 6.92 Å². The highest BCUT2D eigenvalue weighted by Gasteiger charge is 2.15. The first-order valence-electron chi connectivity index (χ1n) is 9.84. The van der Waals surface area contributed by atoms with Crippen LogP contribution in [0.5, 0.6) is 11.5 Å². The summed E-state index contributed by atoms with van der Waals surface area (Å²) in [5.41, 5.74) is 3.91. The van der Waals surface area contributed by atoms with Crippen molar-refractivity contribution in [2.45, 2.75) is 20.0 Å². The third-order valence-corrected chi connectivity index (χ3v) is 5.09. The van der Waals surface area contributed by atoms with E-state index in [1.807, 2.05) is 73.7 Å². The van der Waals surface area contributed by atoms with Crippen LogP contribution < -0.4 is 15.1 Å². The average Bonchev–Trinajstić information content (AvgIpc) is 2.73. The number of aromatic amines is 1. The zero-order valence-electron chi connectivity index (χ0n) is 16.7. The molecule has 0 saturated carbocycles. The number of hydrogen-bond acceptors (Lipinski definition) is 2. The summed E-state index contributed by atoms with van der Waals surface area (Å²) in [6, 6.07) is 25.6. The Morgan fingerprint density at radius 1 is 0.862 bits per heavy atom. The second kappa shape index (κ2) is 8.33. The Balaban J connectivity index is 1.62. The van der Waals surface area contributed by atoms with Crippen molar-refractivity contribution in [1.82, 2.24) is 4.98 Å². The second-order valence-electron chi connectivity index (χ2n) is 7.48. The highest BCUT2D eigenvalue weighted by Crippen LogP contribution is 2.24. The normalized spacial score (nSPS) is 12.1. The Labute approximate surface area is 170 Å². The number of hydrogen-bond donors (Lipinski definition) is 2. The van der Waals surface area contributed by atoms with Gasteiger partial charge in [-0.05, 0) is 37.3 Å². The highest BCUT2D eigenvalue weighted by atomic mass is 16.5. The van der Waals surface area contributed by atoms with Gasteiger partial charge in [0.15, 0.2) is 5.43 Å². The van der Waals surface area contributed by atoms with Gasteiger partial charge in [0.05, 0.1) is 12.6 Å². The van der Waals surface area contributed by atoms with Crippen LogP contribution in [-0.2, 0) is 13.1 Å². The number of nitrogens with one attached hydrogen (secondary N) is 2. The molecular weight excluding hydrogens is 360 g/mol. The van der Waals surface area contributed by atoms with Crippen molar-refractivity contribution in [2.75, 3.05) is 7.05 Å². The van der Waals surface area contributed by atoms with Gasteiger partial charge >= 0.3 is 0 Å². The van der Waals surface area contributed by atoms with Crippen molar-refractivity contribution in [3.63, 3.8) is 0 Å². The maximum Gasteiger partial charge on any atom is 0.198 e. The molecule has 1 heterocycles. The number of para-hydroxylation sites is 1. The predicted octanol–water partition coefficient (Wildman–Crippen LogP) is 3.84. The summed E-state index contributed by atoms with van der Waals surface area (Å²) in [4.78, 5) is 17.9. The van der Waals surface area contributed by atoms with Gasteiger partial charge in [-0.25, -0.2) is 0 Å². The summed E-state index contributed by atoms with van der Waals surface area (Å²) in [5.74, 6) is 1.41. The molecular formula is C25H25N2O2+. The van der Waals surface area contributed by atoms with Crippen LogP contribution in [0.4, 0.5) is 0 Å². The number of aryl methyl sites for hydroxylation is 1. The molecule has 0 radical (unpaired) electrons. The van der Waals surface area contributed by atoms with Crippen molar-refractivity contribution in [2.24, 2.45) is 0 Å². The first-order chi connectivity index (χ1) is 14.1. The van der Waals surface area contributed by atoms with Crippen LogP contribution in [0.2, 0.25) is 0 Å². The van der Waals surface area contributed by atoms with Crippen LogP contribution in [0.15, 0.2) is 83.7 Å². The number of H-pyrrole nitrogens is 1. The molecule has 4 rings (SSSR count). The molecule has 0 aliphatic heterocycles. The fourth-order valence-electron chi connectivity index (χ4n) is 3.64. The molecule has 2 N–H and O–H groups in total. The number of benzene rings is 3. The molecule has 1 unspecified atom stereocenters. The van der Waals surface area contributed by atoms with Crippen LogP contribution in [0.3, 0.4) is 0 Å². The Morgan fingerprint density at radius 3 is 2.28 bits per heavy atom. The Hall–Kier alpha value is -3.37. The van der Waals surface area contributed by atoms with Gasteiger partial charge < -0.3 is 14.6 Å². The fourth-order valence-corrected chi connectivity index (χ4v) is 3.64. The number of fused-ring (bicyclic) bond motifs is 1. The number of quaternary nitrogens is 1. The molecule has 0 saturated heterocycles. The van der Waals surface area contributed by atoms with Crippen molar-refractivity contribution in [3.8, 4) is 11.5 Å². The lowest BCUT2D eigenvalue weighted by Gasteiger charge is -2.16. The number of ether oxygens (including phenoxy) is 1. The third kappa shape index (κ3) is 4.39. The molecule has 0 amide bonds. The lowest BCUT2D eigenvalue weighted by Crippen LogP contribution is -3.06. The fraction of sp³-hybridized carbons (Fsp3) is 0.160. The molecule has 1 atom stereocenters. The summed E-state index contributed by atoms with van der Waals surface area (Å²) in [7, 11) is 2.12. The largest absolute Gasteiger partial charge is 0.457 e. The van der Waals surface area contributed by atoms with E-state index >= 15 is 0 Å². The van der Waals surface area contributed by atoms with Crippen LogP contribution in [0.1, 0.15) is 16.8 Å². The van der Waals surface area contributed by atoms with Gasteiger partial charge in [0, 0.05) is 22.2 Å². The van der Waals surface area contributed by atoms with E-state index in [9.17, 15) is 4.79 Å². The monoisotopic (exact) mass is 385 g/mol. The minimum atomic E-state index is 0.0715. The lowest BCUT2D eigenvalue weighted by molar-refractivity contribution is -0.907. The van der Waals surface area contributed by atoms with Crippen molar-refractivity contribution >= 4 is 10.9 Å². The topological polar surface area (TPSA) is 46.5 Å². The molecule has 0 bridgehead atoms. The maximum atomic E-state index is 13.3. The minimum Gasteiger partial charge on any atom is -0.457 e. The zero-order valence-corrected chi connectivity index (χ0v) is 16.7. The average molecular weight is 385 g/mol. The van der Waals surface area contributed by atoms with Crippen LogP contribution in [-0.4, -0.2) is 12.0 Å². The zero-order chi connectivity index (χ0) is 20.2. The quantitative estimate of drug-likeness (QED) is 0.530. The molecule has 0 fully saturated rings. The van der Waals surface area contributed by atoms with E-state index in [0.29, 0.717) is 17.7 Å². The molecule has 4 heteroatoms. The van der Waals surface area contributed by atoms with E-state index in [0.717, 1.165) is 29.1 Å². The first kappa shape index (κ1) is 19.0. The third-order valence-electron chi connectivity index (χ3n) is 5.09. The van der Waals surface area contributed by atoms with Gasteiger partial charge in [-0.2, -0.15) is 0 Å². The lowest BCUT2D eigenvalue weighted by atomic mass is 10.1. The summed E-state index contributed by atoms with van der Waals surface area (Å²) >= 11 is 0. The van der Waals surface area contributed by atoms with Gasteiger partial charge in [0.25, 0.3) is 0 Å². The smallest absolute Gasteiger partial charge is 0.198 e. The molecule has 1 aromatic heterocycles. The molecule has 4 nitrogen and oxygen atoms in total. The SMILES string of the molecule is Cc1[nH]c2ccc(Oc3ccccc3)cc2c(=O)c1C[NH+](C)Cc1ccccc1. The summed E-state index contributed by atoms with van der Waals surface area (Å²) in [6.07, 6.45) is 0. The molecule has 0 aliphatic carbocycles. The number of aromatic nitrogens is 1. The minimum absolute atomic E-state index is 0.0715. The standard InChI is InChI=1S/C25H24N2O2/c1-18-23(17-27(2)16-19-9-5-3-6-10-19)25(28)22-15-21(13-14-24(22)26-18)29-20-11-7-4-8-12-20/h3-15H,16-17H2,1-2H3,(H,26,28)/p+1. The number of pyridine rings is 1. The summed E-state index contributed by atoms with van der Waals surface area (Å²) in [5, 5.41) is 0.659. The summed E-state index contributed by atoms with van der Waals surface area (Å²) in [6.45, 7) is 3.50. The van der Waals surface area contributed by atoms with E-state index in [2.05, 4.69) is 24.2 Å². The highest BCUT2D eigenvalue weighted by molar-refractivity contribution is 5.81. The molecule has 29 heavy (non-hydrogen) atoms. The molecule has 0 spiro atoms. The van der Waals surface area contributed by atoms with Gasteiger partial charge in [-0.15, -0.1) is 0 Å². The van der Waals surface area contributed by atoms with E-state index in [-0.39, 0.29) is 5.43 Å². The summed E-state index contributed by atoms with van der Waals surface area (Å²) < 4.78 is 5.91. The van der Waals surface area contributed by atoms with Gasteiger partial charge in [0.1, 0.15) is 24.6 Å². The molecule has 3 aromatic carbocycles. The Morgan fingerprint density at radius 2 is 1.55 bits per heavy atom. The van der Waals surface area contributed by atoms with Gasteiger partial charge in [-0.1, -0.05) is 48.5 Å². The van der Waals surface area contributed by atoms with E-state index < -0.39 is 0 Å². The maximum absolute atomic E-state index is 13.3. The van der Waals surface area contributed by atoms with Crippen LogP contribution in [0.25, 0.3) is 10.9 Å². The van der Waals surface area contributed by atoms with E-state index in [4.69, 9.17) is 4.74 Å². The Bertz CT molecular complexity index is 1170. The van der Waals surface area contributed by atoms with Gasteiger partial charge in [-0.3, -0.25) is 4.79 Å². The van der Waals surface area contributed by atoms with Crippen molar-refractivity contribution in [1.29, 1.82) is 0 Å². The molecule has 4 aromatic rings. The molecule has 0 aliphatic rings. The van der Waals surface area contributed by atoms with E-state index in [1.54, 1.807) is 0 Å². The Kier molecular flexibility index (Phi) is 5.45. The van der Waals surface area contributed by atoms with Gasteiger partial charge in [0.2, 0.25) is 0 Å². The second-order valence-corrected chi connectivity index (χ2v) is 7.48. The van der Waals surface area contributed by atoms with Crippen LogP contribution >= 0.6 is 0 Å². The van der Waals surface area contributed by atoms with Crippen molar-refractivity contribution in [3.05, 3.63) is 106 Å². The van der Waals surface area contributed by atoms with E-state index in [1.165, 1.54) is 10.5 Å².